The molecule has 1 aromatic carbocycles. The van der Waals surface area contributed by atoms with Crippen molar-refractivity contribution in [3.8, 4) is 5.75 Å². The number of amides is 1. The number of nitrogens with one attached hydrogen (secondary N) is 1. The van der Waals surface area contributed by atoms with Crippen molar-refractivity contribution in [1.82, 2.24) is 10.2 Å². The average Bonchev–Trinajstić information content (AvgIpc) is 3.17. The van der Waals surface area contributed by atoms with Crippen molar-refractivity contribution in [3.63, 3.8) is 0 Å². The first kappa shape index (κ1) is 20.7. The van der Waals surface area contributed by atoms with Gasteiger partial charge in [0.15, 0.2) is 0 Å². The predicted molar refractivity (Wildman–Crippen MR) is 105 cm³/mol. The SMILES string of the molecule is CCCCOCCCCOc1ccccc1C(=O)NCCN1CCCC1. The molecule has 1 heterocycles. The summed E-state index contributed by atoms with van der Waals surface area (Å²) in [7, 11) is 0. The Labute approximate surface area is 158 Å². The minimum atomic E-state index is -0.0531. The van der Waals surface area contributed by atoms with Gasteiger partial charge in [-0.1, -0.05) is 25.5 Å². The molecule has 1 aromatic rings. The third kappa shape index (κ3) is 7.75. The summed E-state index contributed by atoms with van der Waals surface area (Å²) in [6.45, 7) is 8.30. The first-order valence-electron chi connectivity index (χ1n) is 10.1. The van der Waals surface area contributed by atoms with Gasteiger partial charge in [-0.25, -0.2) is 0 Å². The van der Waals surface area contributed by atoms with Crippen LogP contribution in [0.4, 0.5) is 0 Å². The third-order valence-corrected chi connectivity index (χ3v) is 4.63. The smallest absolute Gasteiger partial charge is 0.255 e. The standard InChI is InChI=1S/C21H34N2O3/c1-2-3-16-25-17-8-9-18-26-20-11-5-4-10-19(20)21(24)22-12-15-23-13-6-7-14-23/h4-5,10-11H,2-3,6-9,12-18H2,1H3,(H,22,24). The molecule has 1 aliphatic rings. The summed E-state index contributed by atoms with van der Waals surface area (Å²) in [5, 5.41) is 3.02. The topological polar surface area (TPSA) is 50.8 Å². The van der Waals surface area contributed by atoms with Crippen LogP contribution in [0.3, 0.4) is 0 Å². The summed E-state index contributed by atoms with van der Waals surface area (Å²) in [5.74, 6) is 0.612. The van der Waals surface area contributed by atoms with Crippen LogP contribution in [0.1, 0.15) is 55.8 Å². The molecule has 2 rings (SSSR count). The lowest BCUT2D eigenvalue weighted by atomic mass is 10.2. The number of hydrogen-bond acceptors (Lipinski definition) is 4. The molecule has 5 heteroatoms. The molecule has 1 aliphatic heterocycles. The summed E-state index contributed by atoms with van der Waals surface area (Å²) in [4.78, 5) is 14.8. The summed E-state index contributed by atoms with van der Waals surface area (Å²) < 4.78 is 11.4. The van der Waals surface area contributed by atoms with E-state index < -0.39 is 0 Å². The summed E-state index contributed by atoms with van der Waals surface area (Å²) in [6.07, 6.45) is 6.74. The lowest BCUT2D eigenvalue weighted by Crippen LogP contribution is -2.33. The van der Waals surface area contributed by atoms with E-state index in [1.807, 2.05) is 24.3 Å². The second-order valence-electron chi connectivity index (χ2n) is 6.82. The molecule has 1 fully saturated rings. The number of nitrogens with zero attached hydrogens (tertiary/aromatic N) is 1. The first-order valence-corrected chi connectivity index (χ1v) is 10.1. The van der Waals surface area contributed by atoms with E-state index in [1.54, 1.807) is 0 Å². The molecule has 146 valence electrons. The number of unbranched alkanes of at least 4 members (excludes halogenated alkanes) is 2. The van der Waals surface area contributed by atoms with E-state index in [4.69, 9.17) is 9.47 Å². The van der Waals surface area contributed by atoms with Crippen LogP contribution in [0.2, 0.25) is 0 Å². The van der Waals surface area contributed by atoms with Crippen molar-refractivity contribution < 1.29 is 14.3 Å². The number of rotatable bonds is 13. The maximum absolute atomic E-state index is 12.4. The minimum Gasteiger partial charge on any atom is -0.493 e. The Balaban J connectivity index is 1.66. The zero-order valence-corrected chi connectivity index (χ0v) is 16.2. The van der Waals surface area contributed by atoms with Crippen LogP contribution in [0, 0.1) is 0 Å². The molecule has 0 spiro atoms. The maximum Gasteiger partial charge on any atom is 0.255 e. The van der Waals surface area contributed by atoms with Crippen LogP contribution in [0.15, 0.2) is 24.3 Å². The Morgan fingerprint density at radius 3 is 2.62 bits per heavy atom. The molecule has 0 bridgehead atoms. The van der Waals surface area contributed by atoms with E-state index in [0.29, 0.717) is 24.5 Å². The second-order valence-corrected chi connectivity index (χ2v) is 6.82. The molecule has 0 atom stereocenters. The fourth-order valence-electron chi connectivity index (χ4n) is 3.05. The molecule has 0 aliphatic carbocycles. The molecule has 1 amide bonds. The van der Waals surface area contributed by atoms with E-state index in [0.717, 1.165) is 52.1 Å². The number of para-hydroxylation sites is 1. The summed E-state index contributed by atoms with van der Waals surface area (Å²) >= 11 is 0. The lowest BCUT2D eigenvalue weighted by molar-refractivity contribution is 0.0944. The maximum atomic E-state index is 12.4. The van der Waals surface area contributed by atoms with Gasteiger partial charge in [0.1, 0.15) is 5.75 Å². The fraction of sp³-hybridized carbons (Fsp3) is 0.667. The predicted octanol–water partition coefficient (Wildman–Crippen LogP) is 3.49. The molecule has 1 N–H and O–H groups in total. The monoisotopic (exact) mass is 362 g/mol. The number of carbonyl (C=O) groups is 1. The Hall–Kier alpha value is -1.59. The van der Waals surface area contributed by atoms with Gasteiger partial charge in [-0.2, -0.15) is 0 Å². The molecular formula is C21H34N2O3. The van der Waals surface area contributed by atoms with Crippen molar-refractivity contribution in [1.29, 1.82) is 0 Å². The quantitative estimate of drug-likeness (QED) is 0.546. The first-order chi connectivity index (χ1) is 12.8. The van der Waals surface area contributed by atoms with Gasteiger partial charge >= 0.3 is 0 Å². The fourth-order valence-corrected chi connectivity index (χ4v) is 3.05. The largest absolute Gasteiger partial charge is 0.493 e. The van der Waals surface area contributed by atoms with Crippen molar-refractivity contribution in [2.75, 3.05) is 46.0 Å². The van der Waals surface area contributed by atoms with Crippen LogP contribution in [-0.4, -0.2) is 56.8 Å². The summed E-state index contributed by atoms with van der Waals surface area (Å²) in [5.41, 5.74) is 0.619. The van der Waals surface area contributed by atoms with Gasteiger partial charge in [-0.15, -0.1) is 0 Å². The molecule has 0 unspecified atom stereocenters. The van der Waals surface area contributed by atoms with E-state index in [9.17, 15) is 4.79 Å². The van der Waals surface area contributed by atoms with Crippen molar-refractivity contribution in [2.45, 2.75) is 45.4 Å². The number of carbonyl (C=O) groups excluding carboxylic acids is 1. The number of hydrogen-bond donors (Lipinski definition) is 1. The minimum absolute atomic E-state index is 0.0531. The summed E-state index contributed by atoms with van der Waals surface area (Å²) in [6, 6.07) is 7.48. The molecule has 0 aromatic heterocycles. The number of benzene rings is 1. The highest BCUT2D eigenvalue weighted by Gasteiger charge is 2.14. The highest BCUT2D eigenvalue weighted by atomic mass is 16.5. The van der Waals surface area contributed by atoms with E-state index in [-0.39, 0.29) is 5.91 Å². The number of ether oxygens (including phenoxy) is 2. The van der Waals surface area contributed by atoms with E-state index >= 15 is 0 Å². The van der Waals surface area contributed by atoms with Crippen LogP contribution in [-0.2, 0) is 4.74 Å². The van der Waals surface area contributed by atoms with Gasteiger partial charge in [0.2, 0.25) is 0 Å². The van der Waals surface area contributed by atoms with Gasteiger partial charge in [-0.05, 0) is 57.3 Å². The zero-order chi connectivity index (χ0) is 18.5. The van der Waals surface area contributed by atoms with E-state index in [2.05, 4.69) is 17.1 Å². The molecule has 1 saturated heterocycles. The lowest BCUT2D eigenvalue weighted by Gasteiger charge is -2.15. The van der Waals surface area contributed by atoms with Crippen molar-refractivity contribution in [3.05, 3.63) is 29.8 Å². The van der Waals surface area contributed by atoms with Crippen molar-refractivity contribution in [2.24, 2.45) is 0 Å². The Kier molecular flexibility index (Phi) is 10.1. The number of likely N-dealkylation sites (tertiary alicyclic amines) is 1. The molecule has 5 nitrogen and oxygen atoms in total. The zero-order valence-electron chi connectivity index (χ0n) is 16.2. The van der Waals surface area contributed by atoms with Gasteiger partial charge in [0.05, 0.1) is 12.2 Å². The Bertz CT molecular complexity index is 516. The molecule has 0 saturated carbocycles. The van der Waals surface area contributed by atoms with Gasteiger partial charge in [-0.3, -0.25) is 4.79 Å². The van der Waals surface area contributed by atoms with Gasteiger partial charge in [0, 0.05) is 26.3 Å². The molecular weight excluding hydrogens is 328 g/mol. The van der Waals surface area contributed by atoms with Gasteiger partial charge < -0.3 is 19.7 Å². The highest BCUT2D eigenvalue weighted by molar-refractivity contribution is 5.96. The van der Waals surface area contributed by atoms with Crippen LogP contribution < -0.4 is 10.1 Å². The average molecular weight is 363 g/mol. The Morgan fingerprint density at radius 2 is 1.81 bits per heavy atom. The van der Waals surface area contributed by atoms with E-state index in [1.165, 1.54) is 19.3 Å². The second kappa shape index (κ2) is 12.7. The molecule has 26 heavy (non-hydrogen) atoms. The highest BCUT2D eigenvalue weighted by Crippen LogP contribution is 2.18. The van der Waals surface area contributed by atoms with Crippen LogP contribution >= 0.6 is 0 Å². The van der Waals surface area contributed by atoms with Crippen LogP contribution in [0.25, 0.3) is 0 Å². The normalized spacial score (nSPS) is 14.5. The van der Waals surface area contributed by atoms with Crippen molar-refractivity contribution >= 4 is 5.91 Å². The van der Waals surface area contributed by atoms with Gasteiger partial charge in [0.25, 0.3) is 5.91 Å². The van der Waals surface area contributed by atoms with Crippen LogP contribution in [0.5, 0.6) is 5.75 Å². The molecule has 0 radical (unpaired) electrons. The Morgan fingerprint density at radius 1 is 1.08 bits per heavy atom. The third-order valence-electron chi connectivity index (χ3n) is 4.63.